The number of H-pyrrole nitrogens is 4. The molecule has 0 amide bonds. The number of imidazole rings is 2. The fourth-order valence-electron chi connectivity index (χ4n) is 3.52. The molecule has 0 aromatic carbocycles. The van der Waals surface area contributed by atoms with Crippen molar-refractivity contribution < 1.29 is 33.6 Å². The first kappa shape index (κ1) is 22.9. The van der Waals surface area contributed by atoms with Gasteiger partial charge in [-0.25, -0.2) is 24.1 Å². The molecular weight excluding hydrogens is 499 g/mol. The summed E-state index contributed by atoms with van der Waals surface area (Å²) in [6.07, 6.45) is -4.03. The number of aromatic nitrogens is 8. The van der Waals surface area contributed by atoms with Crippen LogP contribution in [0.2, 0.25) is 0 Å². The van der Waals surface area contributed by atoms with Crippen LogP contribution in [0.4, 0.5) is 0 Å². The highest BCUT2D eigenvalue weighted by Gasteiger charge is 2.45. The third kappa shape index (κ3) is 4.01. The first-order valence-corrected chi connectivity index (χ1v) is 11.1. The Bertz CT molecular complexity index is 1710. The minimum absolute atomic E-state index is 0.0938. The number of hydrogen-bond donors (Lipinski definition) is 7. The molecule has 4 aromatic rings. The Morgan fingerprint density at radius 1 is 0.943 bits per heavy atom. The van der Waals surface area contributed by atoms with Gasteiger partial charge in [0.05, 0.1) is 12.9 Å². The molecule has 5 rings (SSSR count). The van der Waals surface area contributed by atoms with Crippen molar-refractivity contribution in [2.45, 2.75) is 24.5 Å². The number of fused-ring (bicyclic) bond motifs is 2. The lowest BCUT2D eigenvalue weighted by Crippen LogP contribution is -2.34. The van der Waals surface area contributed by atoms with Crippen LogP contribution in [-0.4, -0.2) is 79.2 Å². The van der Waals surface area contributed by atoms with Crippen LogP contribution in [0.15, 0.2) is 31.8 Å². The molecule has 4 aromatic heterocycles. The second kappa shape index (κ2) is 8.12. The van der Waals surface area contributed by atoms with Gasteiger partial charge in [0, 0.05) is 0 Å². The highest BCUT2D eigenvalue weighted by atomic mass is 31.2. The third-order valence-corrected chi connectivity index (χ3v) is 5.94. The number of nitrogens with one attached hydrogen (secondary N) is 4. The van der Waals surface area contributed by atoms with Gasteiger partial charge in [-0.3, -0.25) is 43.5 Å². The van der Waals surface area contributed by atoms with Crippen molar-refractivity contribution in [1.29, 1.82) is 0 Å². The van der Waals surface area contributed by atoms with Gasteiger partial charge in [0.25, 0.3) is 11.1 Å². The molecule has 19 nitrogen and oxygen atoms in total. The minimum Gasteiger partial charge on any atom is -0.387 e. The van der Waals surface area contributed by atoms with Crippen molar-refractivity contribution in [3.8, 4) is 0 Å². The molecular formula is C15H15N8O11P. The lowest BCUT2D eigenvalue weighted by Gasteiger charge is -2.17. The largest absolute Gasteiger partial charge is 0.546 e. The second-order valence-electron chi connectivity index (χ2n) is 7.33. The summed E-state index contributed by atoms with van der Waals surface area (Å²) in [5.41, 5.74) is -4.27. The summed E-state index contributed by atoms with van der Waals surface area (Å²) in [6, 6.07) is 0. The topological polar surface area (TPSA) is 273 Å². The molecule has 5 atom stereocenters. The molecule has 5 heterocycles. The van der Waals surface area contributed by atoms with Gasteiger partial charge < -0.3 is 19.6 Å². The van der Waals surface area contributed by atoms with Crippen LogP contribution in [0.3, 0.4) is 0 Å². The Morgan fingerprint density at radius 3 is 2.23 bits per heavy atom. The van der Waals surface area contributed by atoms with Crippen LogP contribution < -0.4 is 27.1 Å². The van der Waals surface area contributed by atoms with Crippen LogP contribution in [0.5, 0.6) is 0 Å². The Hall–Kier alpha value is -3.87. The van der Waals surface area contributed by atoms with E-state index >= 15 is 0 Å². The van der Waals surface area contributed by atoms with E-state index in [9.17, 15) is 38.8 Å². The lowest BCUT2D eigenvalue weighted by atomic mass is 10.1. The fourth-order valence-corrected chi connectivity index (χ4v) is 4.25. The predicted octanol–water partition coefficient (Wildman–Crippen LogP) is -4.00. The van der Waals surface area contributed by atoms with Crippen molar-refractivity contribution in [2.24, 2.45) is 0 Å². The van der Waals surface area contributed by atoms with Crippen molar-refractivity contribution in [2.75, 3.05) is 6.61 Å². The summed E-state index contributed by atoms with van der Waals surface area (Å²) < 4.78 is 29.2. The summed E-state index contributed by atoms with van der Waals surface area (Å²) in [7, 11) is -4.94. The van der Waals surface area contributed by atoms with E-state index < -0.39 is 61.5 Å². The Balaban J connectivity index is 1.33. The van der Waals surface area contributed by atoms with Gasteiger partial charge in [-0.1, -0.05) is 0 Å². The number of hydrogen-bond acceptors (Lipinski definition) is 12. The van der Waals surface area contributed by atoms with E-state index in [1.54, 1.807) is 0 Å². The maximum atomic E-state index is 12.4. The van der Waals surface area contributed by atoms with E-state index in [-0.39, 0.29) is 22.3 Å². The Morgan fingerprint density at radius 2 is 1.54 bits per heavy atom. The predicted molar refractivity (Wildman–Crippen MR) is 110 cm³/mol. The van der Waals surface area contributed by atoms with Crippen LogP contribution in [-0.2, 0) is 13.8 Å². The number of aromatic amines is 4. The number of phosphoric acid groups is 1. The summed E-state index contributed by atoms with van der Waals surface area (Å²) >= 11 is 0. The van der Waals surface area contributed by atoms with Crippen molar-refractivity contribution in [3.05, 3.63) is 54.3 Å². The first-order chi connectivity index (χ1) is 16.5. The number of ether oxygens (including phenoxy) is 1. The summed E-state index contributed by atoms with van der Waals surface area (Å²) in [5, 5.41) is 20.7. The average Bonchev–Trinajstić information content (AvgIpc) is 3.44. The number of aliphatic hydroxyl groups is 2. The maximum absolute atomic E-state index is 12.4. The zero-order valence-electron chi connectivity index (χ0n) is 17.0. The molecule has 186 valence electrons. The molecule has 0 aliphatic carbocycles. The molecule has 0 radical (unpaired) electrons. The molecule has 35 heavy (non-hydrogen) atoms. The fraction of sp³-hybridized carbons (Fsp3) is 0.333. The van der Waals surface area contributed by atoms with Gasteiger partial charge in [-0.15, -0.1) is 4.73 Å². The molecule has 0 bridgehead atoms. The smallest absolute Gasteiger partial charge is 0.387 e. The number of aliphatic hydroxyl groups excluding tert-OH is 2. The monoisotopic (exact) mass is 514 g/mol. The van der Waals surface area contributed by atoms with E-state index in [1.807, 2.05) is 9.97 Å². The molecule has 1 aliphatic heterocycles. The molecule has 0 saturated carbocycles. The van der Waals surface area contributed by atoms with E-state index in [2.05, 4.69) is 19.9 Å². The van der Waals surface area contributed by atoms with Crippen molar-refractivity contribution in [1.82, 2.24) is 39.2 Å². The third-order valence-electron chi connectivity index (χ3n) is 5.08. The average molecular weight is 514 g/mol. The molecule has 1 unspecified atom stereocenters. The quantitative estimate of drug-likeness (QED) is 0.121. The molecule has 20 heteroatoms. The van der Waals surface area contributed by atoms with E-state index in [1.165, 1.54) is 0 Å². The highest BCUT2D eigenvalue weighted by Crippen LogP contribution is 2.41. The normalized spacial score (nSPS) is 24.2. The Labute approximate surface area is 189 Å². The van der Waals surface area contributed by atoms with Crippen LogP contribution in [0, 0.1) is 0 Å². The van der Waals surface area contributed by atoms with E-state index in [4.69, 9.17) is 13.9 Å². The molecule has 0 spiro atoms. The summed E-state index contributed by atoms with van der Waals surface area (Å²) in [6.45, 7) is -0.768. The molecule has 7 N–H and O–H groups in total. The number of rotatable bonds is 6. The van der Waals surface area contributed by atoms with E-state index in [0.717, 1.165) is 17.2 Å². The number of phosphoric ester groups is 1. The Kier molecular flexibility index (Phi) is 5.31. The zero-order chi connectivity index (χ0) is 25.1. The van der Waals surface area contributed by atoms with Gasteiger partial charge in [-0.2, -0.15) is 0 Å². The summed E-state index contributed by atoms with van der Waals surface area (Å²) in [4.78, 5) is 72.6. The lowest BCUT2D eigenvalue weighted by molar-refractivity contribution is -0.0515. The van der Waals surface area contributed by atoms with Gasteiger partial charge in [0.1, 0.15) is 30.3 Å². The second-order valence-corrected chi connectivity index (χ2v) is 8.68. The highest BCUT2D eigenvalue weighted by molar-refractivity contribution is 7.47. The van der Waals surface area contributed by atoms with Gasteiger partial charge >= 0.3 is 19.2 Å². The first-order valence-electron chi connectivity index (χ1n) is 9.62. The zero-order valence-corrected chi connectivity index (χ0v) is 17.9. The summed E-state index contributed by atoms with van der Waals surface area (Å²) in [5.74, 6) is 0. The standard InChI is InChI=1S/C15H15N8O11P/c24-7-4(33-13(8(7)25)22-2-16-5-9(22)18-14(28)20-11(5)26)1-32-35(30,31)34-23-3-17-6-10(23)19-15(29)21-12(6)27/h2-4,7-8,13,24-25H,1H2,(H,30,31)(H2,18,20,26,28)(H2,19,21,27,29)/t4-,7-,8-,13-/m1/s1. The minimum atomic E-state index is -4.94. The van der Waals surface area contributed by atoms with E-state index in [0.29, 0.717) is 4.73 Å². The maximum Gasteiger partial charge on any atom is 0.546 e. The van der Waals surface area contributed by atoms with Crippen molar-refractivity contribution in [3.63, 3.8) is 0 Å². The SMILES string of the molecule is O=c1[nH]c(=O)c2ncn(OP(=O)(O)OC[C@H]3O[C@@H](n4cnc5c(=O)[nH]c(=O)[nH]c54)[C@H](O)[C@@H]3O)c2[nH]1. The van der Waals surface area contributed by atoms with Crippen molar-refractivity contribution >= 4 is 30.2 Å². The van der Waals surface area contributed by atoms with Crippen LogP contribution >= 0.6 is 7.82 Å². The molecule has 1 saturated heterocycles. The van der Waals surface area contributed by atoms with Gasteiger partial charge in [0.15, 0.2) is 22.9 Å². The van der Waals surface area contributed by atoms with Crippen LogP contribution in [0.1, 0.15) is 6.23 Å². The number of nitrogens with zero attached hydrogens (tertiary/aromatic N) is 4. The van der Waals surface area contributed by atoms with Crippen LogP contribution in [0.25, 0.3) is 22.3 Å². The molecule has 1 aliphatic rings. The van der Waals surface area contributed by atoms with Gasteiger partial charge in [0.2, 0.25) is 0 Å². The van der Waals surface area contributed by atoms with Gasteiger partial charge in [-0.05, 0) is 0 Å². The molecule has 1 fully saturated rings.